The second kappa shape index (κ2) is 6.54. The van der Waals surface area contributed by atoms with Gasteiger partial charge in [-0.2, -0.15) is 0 Å². The van der Waals surface area contributed by atoms with E-state index in [0.29, 0.717) is 11.8 Å². The SMILES string of the molecule is CC1CCc2sc(-c3nnc(-c4cc([N+](=O)[O-])cc([N+](=O)[O-])c4)o3)cc2C1. The molecule has 0 spiro atoms. The maximum Gasteiger partial charge on any atom is 0.277 e. The Bertz CT molecular complexity index is 1030. The Morgan fingerprint density at radius 2 is 1.74 bits per heavy atom. The Balaban J connectivity index is 1.71. The quantitative estimate of drug-likeness (QED) is 0.480. The number of thiophene rings is 1. The molecular weight excluding hydrogens is 372 g/mol. The number of non-ortho nitro benzene ring substituents is 2. The normalized spacial score (nSPS) is 16.1. The molecule has 1 aliphatic carbocycles. The second-order valence-electron chi connectivity index (χ2n) is 6.57. The maximum atomic E-state index is 11.0. The van der Waals surface area contributed by atoms with Crippen LogP contribution in [-0.4, -0.2) is 20.0 Å². The summed E-state index contributed by atoms with van der Waals surface area (Å²) in [4.78, 5) is 22.9. The van der Waals surface area contributed by atoms with Gasteiger partial charge in [-0.05, 0) is 36.8 Å². The Kier molecular flexibility index (Phi) is 4.19. The van der Waals surface area contributed by atoms with Gasteiger partial charge in [0.15, 0.2) is 0 Å². The van der Waals surface area contributed by atoms with Crippen LogP contribution in [0.2, 0.25) is 0 Å². The van der Waals surface area contributed by atoms with Crippen molar-refractivity contribution in [1.29, 1.82) is 0 Å². The highest BCUT2D eigenvalue weighted by molar-refractivity contribution is 7.15. The molecule has 10 heteroatoms. The molecule has 138 valence electrons. The van der Waals surface area contributed by atoms with Crippen molar-refractivity contribution in [3.8, 4) is 22.2 Å². The average Bonchev–Trinajstić information content (AvgIpc) is 3.27. The van der Waals surface area contributed by atoms with Crippen molar-refractivity contribution in [3.05, 3.63) is 54.9 Å². The molecule has 0 radical (unpaired) electrons. The van der Waals surface area contributed by atoms with E-state index in [1.807, 2.05) is 6.07 Å². The third-order valence-electron chi connectivity index (χ3n) is 4.54. The molecule has 0 bridgehead atoms. The van der Waals surface area contributed by atoms with Crippen LogP contribution in [0, 0.1) is 26.1 Å². The summed E-state index contributed by atoms with van der Waals surface area (Å²) in [5.41, 5.74) is 0.628. The smallest absolute Gasteiger partial charge is 0.277 e. The van der Waals surface area contributed by atoms with Crippen LogP contribution in [0.4, 0.5) is 11.4 Å². The summed E-state index contributed by atoms with van der Waals surface area (Å²) in [5, 5.41) is 30.0. The molecule has 1 atom stereocenters. The number of aromatic nitrogens is 2. The van der Waals surface area contributed by atoms with Crippen LogP contribution >= 0.6 is 11.3 Å². The lowest BCUT2D eigenvalue weighted by Gasteiger charge is -2.16. The third-order valence-corrected chi connectivity index (χ3v) is 5.76. The van der Waals surface area contributed by atoms with E-state index in [1.165, 1.54) is 22.6 Å². The number of nitro groups is 2. The molecule has 0 fully saturated rings. The Morgan fingerprint density at radius 3 is 2.41 bits per heavy atom. The van der Waals surface area contributed by atoms with Gasteiger partial charge >= 0.3 is 0 Å². The van der Waals surface area contributed by atoms with Crippen molar-refractivity contribution in [3.63, 3.8) is 0 Å². The minimum atomic E-state index is -0.692. The zero-order chi connectivity index (χ0) is 19.1. The highest BCUT2D eigenvalue weighted by atomic mass is 32.1. The minimum absolute atomic E-state index is 0.0107. The minimum Gasteiger partial charge on any atom is -0.415 e. The highest BCUT2D eigenvalue weighted by Gasteiger charge is 2.23. The monoisotopic (exact) mass is 386 g/mol. The van der Waals surface area contributed by atoms with E-state index in [9.17, 15) is 20.2 Å². The fraction of sp³-hybridized carbons (Fsp3) is 0.294. The molecule has 3 aromatic rings. The topological polar surface area (TPSA) is 125 Å². The van der Waals surface area contributed by atoms with Crippen molar-refractivity contribution >= 4 is 22.7 Å². The van der Waals surface area contributed by atoms with Crippen molar-refractivity contribution < 1.29 is 14.3 Å². The number of rotatable bonds is 4. The molecule has 1 aromatic carbocycles. The van der Waals surface area contributed by atoms with Crippen LogP contribution in [0.1, 0.15) is 23.8 Å². The van der Waals surface area contributed by atoms with E-state index in [0.717, 1.165) is 30.2 Å². The predicted molar refractivity (Wildman–Crippen MR) is 97.5 cm³/mol. The first-order valence-corrected chi connectivity index (χ1v) is 9.12. The van der Waals surface area contributed by atoms with Crippen LogP contribution in [0.15, 0.2) is 28.7 Å². The largest absolute Gasteiger partial charge is 0.415 e. The molecule has 0 N–H and O–H groups in total. The number of hydrogen-bond acceptors (Lipinski definition) is 8. The Morgan fingerprint density at radius 1 is 1.07 bits per heavy atom. The summed E-state index contributed by atoms with van der Waals surface area (Å²) in [6.45, 7) is 2.22. The maximum absolute atomic E-state index is 11.0. The first kappa shape index (κ1) is 17.3. The van der Waals surface area contributed by atoms with E-state index in [4.69, 9.17) is 4.42 Å². The van der Waals surface area contributed by atoms with E-state index in [2.05, 4.69) is 17.1 Å². The lowest BCUT2D eigenvalue weighted by Crippen LogP contribution is -2.07. The van der Waals surface area contributed by atoms with Gasteiger partial charge in [0.1, 0.15) is 0 Å². The summed E-state index contributed by atoms with van der Waals surface area (Å²) < 4.78 is 5.67. The zero-order valence-electron chi connectivity index (χ0n) is 14.2. The molecule has 1 unspecified atom stereocenters. The van der Waals surface area contributed by atoms with Gasteiger partial charge in [-0.1, -0.05) is 6.92 Å². The molecule has 0 amide bonds. The molecule has 4 rings (SSSR count). The molecule has 0 saturated carbocycles. The van der Waals surface area contributed by atoms with Crippen molar-refractivity contribution in [2.75, 3.05) is 0 Å². The molecule has 27 heavy (non-hydrogen) atoms. The molecule has 2 heterocycles. The van der Waals surface area contributed by atoms with Gasteiger partial charge in [0.25, 0.3) is 17.3 Å². The number of hydrogen-bond donors (Lipinski definition) is 0. The lowest BCUT2D eigenvalue weighted by molar-refractivity contribution is -0.394. The second-order valence-corrected chi connectivity index (χ2v) is 7.71. The first-order chi connectivity index (χ1) is 12.9. The number of nitro benzene ring substituents is 2. The molecule has 1 aliphatic rings. The average molecular weight is 386 g/mol. The summed E-state index contributed by atoms with van der Waals surface area (Å²) in [6.07, 6.45) is 3.20. The highest BCUT2D eigenvalue weighted by Crippen LogP contribution is 2.38. The summed E-state index contributed by atoms with van der Waals surface area (Å²) >= 11 is 1.60. The van der Waals surface area contributed by atoms with Crippen LogP contribution < -0.4 is 0 Å². The number of benzene rings is 1. The van der Waals surface area contributed by atoms with Crippen LogP contribution in [0.25, 0.3) is 22.2 Å². The van der Waals surface area contributed by atoms with Crippen molar-refractivity contribution in [2.45, 2.75) is 26.2 Å². The number of fused-ring (bicyclic) bond motifs is 1. The predicted octanol–water partition coefficient (Wildman–Crippen LogP) is 4.41. The van der Waals surface area contributed by atoms with E-state index < -0.39 is 21.2 Å². The molecule has 9 nitrogen and oxygen atoms in total. The fourth-order valence-electron chi connectivity index (χ4n) is 3.18. The molecule has 0 saturated heterocycles. The zero-order valence-corrected chi connectivity index (χ0v) is 15.1. The molecule has 0 aliphatic heterocycles. The third kappa shape index (κ3) is 3.31. The van der Waals surface area contributed by atoms with E-state index in [1.54, 1.807) is 11.3 Å². The van der Waals surface area contributed by atoms with Gasteiger partial charge in [-0.3, -0.25) is 20.2 Å². The van der Waals surface area contributed by atoms with Crippen molar-refractivity contribution in [2.24, 2.45) is 5.92 Å². The lowest BCUT2D eigenvalue weighted by atomic mass is 9.90. The number of nitrogens with zero attached hydrogens (tertiary/aromatic N) is 4. The number of aryl methyl sites for hydroxylation is 1. The molecular formula is C17H14N4O5S. The van der Waals surface area contributed by atoms with Crippen LogP contribution in [-0.2, 0) is 12.8 Å². The van der Waals surface area contributed by atoms with Crippen LogP contribution in [0.5, 0.6) is 0 Å². The van der Waals surface area contributed by atoms with Gasteiger partial charge in [0, 0.05) is 17.0 Å². The summed E-state index contributed by atoms with van der Waals surface area (Å²) in [5.74, 6) is 0.964. The Hall–Kier alpha value is -3.14. The fourth-order valence-corrected chi connectivity index (χ4v) is 4.31. The standard InChI is InChI=1S/C17H14N4O5S/c1-9-2-3-14-10(4-9)7-15(27-14)17-19-18-16(26-17)11-5-12(20(22)23)8-13(6-11)21(24)25/h5-9H,2-4H2,1H3. The van der Waals surface area contributed by atoms with Crippen LogP contribution in [0.3, 0.4) is 0 Å². The Labute approximate surface area is 157 Å². The van der Waals surface area contributed by atoms with E-state index >= 15 is 0 Å². The molecule has 2 aromatic heterocycles. The van der Waals surface area contributed by atoms with Gasteiger partial charge in [0.2, 0.25) is 5.89 Å². The van der Waals surface area contributed by atoms with Crippen molar-refractivity contribution in [1.82, 2.24) is 10.2 Å². The summed E-state index contributed by atoms with van der Waals surface area (Å²) in [6, 6.07) is 5.31. The van der Waals surface area contributed by atoms with Gasteiger partial charge in [-0.25, -0.2) is 0 Å². The summed E-state index contributed by atoms with van der Waals surface area (Å²) in [7, 11) is 0. The van der Waals surface area contributed by atoms with Gasteiger partial charge in [0.05, 0.1) is 26.4 Å². The van der Waals surface area contributed by atoms with E-state index in [-0.39, 0.29) is 11.5 Å². The van der Waals surface area contributed by atoms with Gasteiger partial charge < -0.3 is 4.42 Å². The van der Waals surface area contributed by atoms with Gasteiger partial charge in [-0.15, -0.1) is 21.5 Å². The first-order valence-electron chi connectivity index (χ1n) is 8.30.